The van der Waals surface area contributed by atoms with E-state index < -0.39 is 0 Å². The molecule has 0 aromatic carbocycles. The van der Waals surface area contributed by atoms with Crippen LogP contribution in [0.15, 0.2) is 31.1 Å². The molecule has 0 bridgehead atoms. The van der Waals surface area contributed by atoms with Gasteiger partial charge in [0.25, 0.3) is 5.91 Å². The number of fused-ring (bicyclic) bond motifs is 1. The molecule has 2 aliphatic rings. The van der Waals surface area contributed by atoms with Crippen LogP contribution in [0.25, 0.3) is 0 Å². The third kappa shape index (κ3) is 3.46. The van der Waals surface area contributed by atoms with Crippen LogP contribution in [0.3, 0.4) is 0 Å². The highest BCUT2D eigenvalue weighted by Gasteiger charge is 2.27. The Kier molecular flexibility index (Phi) is 4.25. The minimum absolute atomic E-state index is 0.0701. The molecule has 0 saturated heterocycles. The van der Waals surface area contributed by atoms with Gasteiger partial charge < -0.3 is 14.2 Å². The first kappa shape index (κ1) is 15.3. The molecule has 0 unspecified atom stereocenters. The van der Waals surface area contributed by atoms with E-state index in [4.69, 9.17) is 4.74 Å². The van der Waals surface area contributed by atoms with Gasteiger partial charge in [-0.15, -0.1) is 0 Å². The monoisotopic (exact) mass is 327 g/mol. The van der Waals surface area contributed by atoms with Gasteiger partial charge in [-0.25, -0.2) is 15.0 Å². The quantitative estimate of drug-likeness (QED) is 0.829. The van der Waals surface area contributed by atoms with Gasteiger partial charge in [0.1, 0.15) is 12.0 Å². The molecule has 126 valence electrons. The number of hydrogen-bond acceptors (Lipinski definition) is 5. The molecule has 1 saturated carbocycles. The summed E-state index contributed by atoms with van der Waals surface area (Å²) in [4.78, 5) is 26.8. The number of ether oxygens (including phenoxy) is 1. The van der Waals surface area contributed by atoms with Gasteiger partial charge in [-0.05, 0) is 24.8 Å². The molecule has 1 aliphatic heterocycles. The normalized spacial score (nSPS) is 20.5. The third-order valence-electron chi connectivity index (χ3n) is 4.58. The van der Waals surface area contributed by atoms with Crippen LogP contribution in [-0.2, 0) is 17.8 Å². The Morgan fingerprint density at radius 1 is 1.21 bits per heavy atom. The van der Waals surface area contributed by atoms with Crippen LogP contribution in [0.5, 0.6) is 0 Å². The fourth-order valence-electron chi connectivity index (χ4n) is 3.08. The van der Waals surface area contributed by atoms with Crippen LogP contribution in [0, 0.1) is 11.8 Å². The van der Waals surface area contributed by atoms with E-state index >= 15 is 0 Å². The lowest BCUT2D eigenvalue weighted by Gasteiger charge is -2.23. The van der Waals surface area contributed by atoms with Crippen molar-refractivity contribution >= 4 is 5.91 Å². The predicted molar refractivity (Wildman–Crippen MR) is 86.0 cm³/mol. The fraction of sp³-hybridized carbons (Fsp3) is 0.529. The van der Waals surface area contributed by atoms with Crippen molar-refractivity contribution in [3.05, 3.63) is 42.5 Å². The molecule has 24 heavy (non-hydrogen) atoms. The van der Waals surface area contributed by atoms with Gasteiger partial charge in [0.2, 0.25) is 0 Å². The maximum Gasteiger partial charge on any atom is 0.272 e. The SMILES string of the molecule is O=C(c1ccncn1)N1Cc2cncn2C[C@@H](COCC2CC2)C1. The Labute approximate surface area is 140 Å². The van der Waals surface area contributed by atoms with E-state index in [9.17, 15) is 4.79 Å². The van der Waals surface area contributed by atoms with Crippen molar-refractivity contribution < 1.29 is 9.53 Å². The molecule has 4 rings (SSSR count). The lowest BCUT2D eigenvalue weighted by Crippen LogP contribution is -2.35. The van der Waals surface area contributed by atoms with E-state index in [1.807, 2.05) is 17.4 Å². The minimum atomic E-state index is -0.0701. The topological polar surface area (TPSA) is 73.1 Å². The smallest absolute Gasteiger partial charge is 0.272 e. The van der Waals surface area contributed by atoms with E-state index in [1.54, 1.807) is 12.3 Å². The van der Waals surface area contributed by atoms with Gasteiger partial charge in [-0.2, -0.15) is 0 Å². The van der Waals surface area contributed by atoms with Crippen LogP contribution < -0.4 is 0 Å². The number of carbonyl (C=O) groups is 1. The zero-order chi connectivity index (χ0) is 16.4. The third-order valence-corrected chi connectivity index (χ3v) is 4.58. The predicted octanol–water partition coefficient (Wildman–Crippen LogP) is 1.37. The van der Waals surface area contributed by atoms with E-state index in [0.717, 1.165) is 24.8 Å². The van der Waals surface area contributed by atoms with Gasteiger partial charge in [0.15, 0.2) is 0 Å². The van der Waals surface area contributed by atoms with Crippen molar-refractivity contribution in [1.29, 1.82) is 0 Å². The highest BCUT2D eigenvalue weighted by Crippen LogP contribution is 2.29. The number of amides is 1. The van der Waals surface area contributed by atoms with Crippen molar-refractivity contribution in [2.45, 2.75) is 25.9 Å². The standard InChI is InChI=1S/C17H21N5O2/c23-17(16-3-4-18-11-20-16)21-6-14(10-24-9-13-1-2-13)7-22-12-19-5-15(22)8-21/h3-5,11-14H,1-2,6-10H2/t14-/m0/s1. The molecule has 0 spiro atoms. The summed E-state index contributed by atoms with van der Waals surface area (Å²) in [6.45, 7) is 3.54. The highest BCUT2D eigenvalue weighted by atomic mass is 16.5. The largest absolute Gasteiger partial charge is 0.381 e. The molecule has 7 nitrogen and oxygen atoms in total. The van der Waals surface area contributed by atoms with Crippen molar-refractivity contribution in [3.63, 3.8) is 0 Å². The second kappa shape index (κ2) is 6.68. The fourth-order valence-corrected chi connectivity index (χ4v) is 3.08. The molecular formula is C17H21N5O2. The summed E-state index contributed by atoms with van der Waals surface area (Å²) in [7, 11) is 0. The zero-order valence-corrected chi connectivity index (χ0v) is 13.5. The molecule has 1 fully saturated rings. The average Bonchev–Trinajstić information content (AvgIpc) is 3.37. The van der Waals surface area contributed by atoms with Crippen LogP contribution in [0.4, 0.5) is 0 Å². The molecule has 3 heterocycles. The first-order valence-electron chi connectivity index (χ1n) is 8.41. The summed E-state index contributed by atoms with van der Waals surface area (Å²) in [5.74, 6) is 0.933. The number of carbonyl (C=O) groups excluding carboxylic acids is 1. The van der Waals surface area contributed by atoms with Crippen molar-refractivity contribution in [2.75, 3.05) is 19.8 Å². The van der Waals surface area contributed by atoms with Crippen LogP contribution in [-0.4, -0.2) is 50.1 Å². The number of rotatable bonds is 5. The molecular weight excluding hydrogens is 306 g/mol. The summed E-state index contributed by atoms with van der Waals surface area (Å²) in [6, 6.07) is 1.66. The summed E-state index contributed by atoms with van der Waals surface area (Å²) in [5.41, 5.74) is 1.47. The number of hydrogen-bond donors (Lipinski definition) is 0. The number of nitrogens with zero attached hydrogens (tertiary/aromatic N) is 5. The van der Waals surface area contributed by atoms with Crippen molar-refractivity contribution in [3.8, 4) is 0 Å². The molecule has 1 amide bonds. The Balaban J connectivity index is 1.49. The Morgan fingerprint density at radius 3 is 2.88 bits per heavy atom. The van der Waals surface area contributed by atoms with E-state index in [-0.39, 0.29) is 11.8 Å². The summed E-state index contributed by atoms with van der Waals surface area (Å²) >= 11 is 0. The summed E-state index contributed by atoms with van der Waals surface area (Å²) in [5, 5.41) is 0. The van der Waals surface area contributed by atoms with Gasteiger partial charge in [0, 0.05) is 38.0 Å². The lowest BCUT2D eigenvalue weighted by atomic mass is 10.1. The summed E-state index contributed by atoms with van der Waals surface area (Å²) < 4.78 is 8.00. The molecule has 0 radical (unpaired) electrons. The van der Waals surface area contributed by atoms with E-state index in [1.165, 1.54) is 19.2 Å². The average molecular weight is 327 g/mol. The Bertz CT molecular complexity index is 698. The second-order valence-electron chi connectivity index (χ2n) is 6.66. The van der Waals surface area contributed by atoms with Crippen LogP contribution in [0.2, 0.25) is 0 Å². The van der Waals surface area contributed by atoms with E-state index in [0.29, 0.717) is 25.4 Å². The molecule has 7 heteroatoms. The summed E-state index contributed by atoms with van der Waals surface area (Å²) in [6.07, 6.45) is 9.24. The lowest BCUT2D eigenvalue weighted by molar-refractivity contribution is 0.0567. The maximum absolute atomic E-state index is 12.8. The molecule has 0 N–H and O–H groups in total. The van der Waals surface area contributed by atoms with E-state index in [2.05, 4.69) is 19.5 Å². The number of aromatic nitrogens is 4. The first-order valence-corrected chi connectivity index (χ1v) is 8.41. The maximum atomic E-state index is 12.8. The molecule has 1 aliphatic carbocycles. The minimum Gasteiger partial charge on any atom is -0.381 e. The van der Waals surface area contributed by atoms with Crippen molar-refractivity contribution in [1.82, 2.24) is 24.4 Å². The van der Waals surface area contributed by atoms with Gasteiger partial charge in [0.05, 0.1) is 25.2 Å². The van der Waals surface area contributed by atoms with Crippen LogP contribution in [0.1, 0.15) is 29.0 Å². The first-order chi connectivity index (χ1) is 11.8. The molecule has 2 aromatic heterocycles. The van der Waals surface area contributed by atoms with Gasteiger partial charge >= 0.3 is 0 Å². The zero-order valence-electron chi connectivity index (χ0n) is 13.5. The molecule has 2 aromatic rings. The van der Waals surface area contributed by atoms with Gasteiger partial charge in [-0.3, -0.25) is 4.79 Å². The van der Waals surface area contributed by atoms with Crippen LogP contribution >= 0.6 is 0 Å². The highest BCUT2D eigenvalue weighted by molar-refractivity contribution is 5.92. The van der Waals surface area contributed by atoms with Crippen molar-refractivity contribution in [2.24, 2.45) is 11.8 Å². The van der Waals surface area contributed by atoms with Gasteiger partial charge in [-0.1, -0.05) is 0 Å². The molecule has 1 atom stereocenters. The Hall–Kier alpha value is -2.28. The number of imidazole rings is 1. The second-order valence-corrected chi connectivity index (χ2v) is 6.66. The Morgan fingerprint density at radius 2 is 2.08 bits per heavy atom.